The van der Waals surface area contributed by atoms with Gasteiger partial charge in [0.1, 0.15) is 0 Å². The minimum Gasteiger partial charge on any atom is -0.239 e. The van der Waals surface area contributed by atoms with Gasteiger partial charge in [0.05, 0.1) is 13.2 Å². The summed E-state index contributed by atoms with van der Waals surface area (Å²) >= 11 is 0. The maximum Gasteiger partial charge on any atom is 0.432 e. The molecule has 2 aliphatic rings. The molecular formula is C10H23NO6P2+2. The Hall–Kier alpha value is 0.580. The highest BCUT2D eigenvalue weighted by Gasteiger charge is 2.62. The van der Waals surface area contributed by atoms with Crippen LogP contribution in [0.15, 0.2) is 0 Å². The van der Waals surface area contributed by atoms with Gasteiger partial charge in [-0.25, -0.2) is 5.32 Å². The van der Waals surface area contributed by atoms with E-state index in [4.69, 9.17) is 27.1 Å². The Balaban J connectivity index is 1.75. The molecule has 0 unspecified atom stereocenters. The van der Waals surface area contributed by atoms with Crippen LogP contribution in [0.5, 0.6) is 0 Å². The van der Waals surface area contributed by atoms with Gasteiger partial charge in [0.15, 0.2) is 12.6 Å². The largest absolute Gasteiger partial charge is 0.432 e. The van der Waals surface area contributed by atoms with Crippen molar-refractivity contribution in [2.75, 3.05) is 25.8 Å². The standard InChI is InChI=1S/C10H23NO6P2/c1-5-12-18(14-9(3)15-18)7-11-8-19(13-6-2)16-10(4)17-19/h9-11H,5-8H2,1-4H3/q+2. The summed E-state index contributed by atoms with van der Waals surface area (Å²) in [5.74, 6) is 0. The van der Waals surface area contributed by atoms with Gasteiger partial charge in [-0.2, -0.15) is 9.05 Å². The van der Waals surface area contributed by atoms with Crippen LogP contribution in [-0.2, 0) is 27.1 Å². The predicted molar refractivity (Wildman–Crippen MR) is 73.2 cm³/mol. The lowest BCUT2D eigenvalue weighted by Crippen LogP contribution is -2.38. The van der Waals surface area contributed by atoms with E-state index in [1.807, 2.05) is 27.7 Å². The van der Waals surface area contributed by atoms with Crippen molar-refractivity contribution in [2.45, 2.75) is 40.3 Å². The smallest absolute Gasteiger partial charge is 0.239 e. The molecule has 0 aliphatic carbocycles. The molecule has 0 radical (unpaired) electrons. The van der Waals surface area contributed by atoms with Crippen LogP contribution in [0.4, 0.5) is 0 Å². The number of nitrogens with one attached hydrogen (secondary N) is 1. The van der Waals surface area contributed by atoms with E-state index in [2.05, 4.69) is 5.32 Å². The van der Waals surface area contributed by atoms with E-state index < -0.39 is 15.9 Å². The molecule has 2 fully saturated rings. The van der Waals surface area contributed by atoms with Crippen LogP contribution in [0.3, 0.4) is 0 Å². The van der Waals surface area contributed by atoms with Gasteiger partial charge >= 0.3 is 15.9 Å². The van der Waals surface area contributed by atoms with E-state index >= 15 is 0 Å². The van der Waals surface area contributed by atoms with Crippen molar-refractivity contribution in [3.05, 3.63) is 0 Å². The summed E-state index contributed by atoms with van der Waals surface area (Å²) in [6.07, 6.45) is 0.657. The van der Waals surface area contributed by atoms with Crippen molar-refractivity contribution in [3.63, 3.8) is 0 Å². The Morgan fingerprint density at radius 3 is 1.47 bits per heavy atom. The molecule has 0 aromatic rings. The maximum atomic E-state index is 5.61. The van der Waals surface area contributed by atoms with E-state index in [-0.39, 0.29) is 12.6 Å². The molecule has 7 nitrogen and oxygen atoms in total. The zero-order valence-corrected chi connectivity index (χ0v) is 13.6. The molecule has 2 rings (SSSR count). The zero-order valence-electron chi connectivity index (χ0n) is 11.8. The molecule has 9 heteroatoms. The topological polar surface area (TPSA) is 67.4 Å². The SMILES string of the molecule is CCO[P+]1(CNC[P+]2(OCC)OC(C)O2)OC(C)O1. The minimum atomic E-state index is -2.19. The molecule has 0 atom stereocenters. The molecule has 0 bridgehead atoms. The van der Waals surface area contributed by atoms with Crippen LogP contribution >= 0.6 is 15.9 Å². The quantitative estimate of drug-likeness (QED) is 0.691. The Bertz CT molecular complexity index is 257. The third-order valence-corrected chi connectivity index (χ3v) is 7.50. The summed E-state index contributed by atoms with van der Waals surface area (Å²) in [7, 11) is -4.38. The monoisotopic (exact) mass is 315 g/mol. The second-order valence-electron chi connectivity index (χ2n) is 4.18. The molecule has 0 aromatic carbocycles. The number of hydrogen-bond donors (Lipinski definition) is 1. The van der Waals surface area contributed by atoms with Crippen molar-refractivity contribution in [1.29, 1.82) is 0 Å². The third-order valence-electron chi connectivity index (χ3n) is 2.50. The first-order valence-corrected chi connectivity index (χ1v) is 9.98. The lowest BCUT2D eigenvalue weighted by Gasteiger charge is -2.35. The molecule has 0 aromatic heterocycles. The third kappa shape index (κ3) is 3.82. The fourth-order valence-electron chi connectivity index (χ4n) is 2.00. The highest BCUT2D eigenvalue weighted by molar-refractivity contribution is 7.63. The molecule has 0 saturated carbocycles. The fraction of sp³-hybridized carbons (Fsp3) is 1.00. The van der Waals surface area contributed by atoms with Crippen molar-refractivity contribution in [2.24, 2.45) is 0 Å². The Morgan fingerprint density at radius 1 is 0.842 bits per heavy atom. The predicted octanol–water partition coefficient (Wildman–Crippen LogP) is 2.87. The molecule has 112 valence electrons. The van der Waals surface area contributed by atoms with Crippen LogP contribution < -0.4 is 5.32 Å². The summed E-state index contributed by atoms with van der Waals surface area (Å²) in [6.45, 7) is 8.69. The summed E-state index contributed by atoms with van der Waals surface area (Å²) in [6, 6.07) is 0. The summed E-state index contributed by atoms with van der Waals surface area (Å²) < 4.78 is 33.6. The van der Waals surface area contributed by atoms with Gasteiger partial charge in [-0.1, -0.05) is 0 Å². The summed E-state index contributed by atoms with van der Waals surface area (Å²) in [5, 5.41) is 3.23. The average Bonchev–Trinajstić information content (AvgIpc) is 2.26. The van der Waals surface area contributed by atoms with E-state index in [0.717, 1.165) is 0 Å². The van der Waals surface area contributed by atoms with Gasteiger partial charge in [0, 0.05) is 0 Å². The first-order chi connectivity index (χ1) is 9.03. The molecule has 0 amide bonds. The molecular weight excluding hydrogens is 292 g/mol. The van der Waals surface area contributed by atoms with Crippen LogP contribution in [-0.4, -0.2) is 38.4 Å². The van der Waals surface area contributed by atoms with E-state index in [1.54, 1.807) is 0 Å². The number of rotatable bonds is 8. The van der Waals surface area contributed by atoms with Gasteiger partial charge in [0.25, 0.3) is 12.6 Å². The first kappa shape index (κ1) is 16.0. The Kier molecular flexibility index (Phi) is 5.51. The Morgan fingerprint density at radius 2 is 1.21 bits per heavy atom. The summed E-state index contributed by atoms with van der Waals surface area (Å²) in [4.78, 5) is 0. The maximum absolute atomic E-state index is 5.61. The lowest BCUT2D eigenvalue weighted by atomic mass is 10.8. The highest BCUT2D eigenvalue weighted by Crippen LogP contribution is 2.72. The zero-order chi connectivity index (χ0) is 13.9. The van der Waals surface area contributed by atoms with Gasteiger partial charge in [0.2, 0.25) is 0 Å². The molecule has 19 heavy (non-hydrogen) atoms. The van der Waals surface area contributed by atoms with E-state index in [0.29, 0.717) is 25.8 Å². The van der Waals surface area contributed by atoms with Gasteiger partial charge in [-0.15, -0.1) is 18.1 Å². The van der Waals surface area contributed by atoms with E-state index in [1.165, 1.54) is 0 Å². The second-order valence-corrected chi connectivity index (χ2v) is 8.62. The van der Waals surface area contributed by atoms with Gasteiger partial charge in [-0.3, -0.25) is 0 Å². The Labute approximate surface area is 115 Å². The molecule has 2 heterocycles. The van der Waals surface area contributed by atoms with Gasteiger partial charge < -0.3 is 0 Å². The van der Waals surface area contributed by atoms with Crippen LogP contribution in [0.1, 0.15) is 27.7 Å². The van der Waals surface area contributed by atoms with Crippen molar-refractivity contribution < 1.29 is 27.1 Å². The fourth-order valence-corrected chi connectivity index (χ4v) is 6.30. The molecule has 0 spiro atoms. The second kappa shape index (κ2) is 6.56. The van der Waals surface area contributed by atoms with E-state index in [9.17, 15) is 0 Å². The van der Waals surface area contributed by atoms with Crippen LogP contribution in [0.25, 0.3) is 0 Å². The van der Waals surface area contributed by atoms with Gasteiger partial charge in [-0.05, 0) is 27.7 Å². The highest BCUT2D eigenvalue weighted by atomic mass is 31.2. The molecule has 2 saturated heterocycles. The lowest BCUT2D eigenvalue weighted by molar-refractivity contribution is -0.107. The average molecular weight is 315 g/mol. The minimum absolute atomic E-state index is 0.187. The van der Waals surface area contributed by atoms with Crippen molar-refractivity contribution in [3.8, 4) is 0 Å². The first-order valence-electron chi connectivity index (χ1n) is 6.52. The number of hydrogen-bond acceptors (Lipinski definition) is 7. The van der Waals surface area contributed by atoms with Crippen LogP contribution in [0, 0.1) is 0 Å². The van der Waals surface area contributed by atoms with Crippen molar-refractivity contribution in [1.82, 2.24) is 5.32 Å². The summed E-state index contributed by atoms with van der Waals surface area (Å²) in [5.41, 5.74) is 0. The molecule has 2 aliphatic heterocycles. The van der Waals surface area contributed by atoms with Crippen LogP contribution in [0.2, 0.25) is 0 Å². The normalized spacial score (nSPS) is 41.7. The molecule has 1 N–H and O–H groups in total. The van der Waals surface area contributed by atoms with Crippen molar-refractivity contribution >= 4 is 15.9 Å².